The Hall–Kier alpha value is -9.12. The van der Waals surface area contributed by atoms with Gasteiger partial charge in [-0.3, -0.25) is 0 Å². The van der Waals surface area contributed by atoms with E-state index in [-0.39, 0.29) is 44.6 Å². The number of anilines is 6. The van der Waals surface area contributed by atoms with Crippen molar-refractivity contribution in [3.8, 4) is 50.2 Å². The SMILES string of the molecule is CC(C)(C)c1ccc(-c2cc3c4c(c2)N(c2ccc(-c5ccc6c(c5)C(C)(C)CCC6(C)C)cc2)c2cc(-n5c6ccc(C(C)(C)C)cc6c6cc(C(C)(C)C)ccc65)ccc2B4c2ccc(-c4ccccc4)cc2N3c2ccc(-c3ccc4c(c3)C(C)(C)CCC4(C)C)cc2)cc1. The summed E-state index contributed by atoms with van der Waals surface area (Å²) in [6.07, 6.45) is 4.75. The third-order valence-electron chi connectivity index (χ3n) is 23.6. The highest BCUT2D eigenvalue weighted by Crippen LogP contribution is 2.52. The van der Waals surface area contributed by atoms with Crippen molar-refractivity contribution in [2.75, 3.05) is 9.80 Å². The summed E-state index contributed by atoms with van der Waals surface area (Å²) < 4.78 is 2.55. The van der Waals surface area contributed by atoms with Gasteiger partial charge >= 0.3 is 0 Å². The minimum Gasteiger partial charge on any atom is -0.311 e. The predicted octanol–water partition coefficient (Wildman–Crippen LogP) is 24.1. The molecule has 12 aromatic rings. The molecule has 2 aliphatic carbocycles. The van der Waals surface area contributed by atoms with Crippen molar-refractivity contribution in [2.24, 2.45) is 0 Å². The second-order valence-electron chi connectivity index (χ2n) is 35.2. The molecule has 3 nitrogen and oxygen atoms in total. The highest BCUT2D eigenvalue weighted by Gasteiger charge is 2.45. The monoisotopic (exact) mass is 1280 g/mol. The Labute approximate surface area is 584 Å². The highest BCUT2D eigenvalue weighted by atomic mass is 15.2. The molecule has 0 radical (unpaired) electrons. The molecule has 1 aromatic heterocycles. The second-order valence-corrected chi connectivity index (χ2v) is 35.2. The first-order valence-corrected chi connectivity index (χ1v) is 36.3. The van der Waals surface area contributed by atoms with Gasteiger partial charge in [0.15, 0.2) is 0 Å². The van der Waals surface area contributed by atoms with Crippen molar-refractivity contribution in [3.63, 3.8) is 0 Å². The fourth-order valence-corrected chi connectivity index (χ4v) is 17.2. The van der Waals surface area contributed by atoms with Gasteiger partial charge in [0.1, 0.15) is 0 Å². The molecule has 0 spiro atoms. The van der Waals surface area contributed by atoms with Crippen LogP contribution < -0.4 is 26.2 Å². The summed E-state index contributed by atoms with van der Waals surface area (Å²) in [6.45, 7) is 40.3. The van der Waals surface area contributed by atoms with E-state index in [1.54, 1.807) is 0 Å². The Bertz CT molecular complexity index is 5110. The van der Waals surface area contributed by atoms with Crippen molar-refractivity contribution in [1.29, 1.82) is 0 Å². The van der Waals surface area contributed by atoms with Gasteiger partial charge < -0.3 is 14.4 Å². The molecule has 0 saturated carbocycles. The average molecular weight is 1280 g/mol. The molecule has 0 bridgehead atoms. The molecule has 0 fully saturated rings. The maximum absolute atomic E-state index is 2.64. The molecule has 3 heterocycles. The smallest absolute Gasteiger partial charge is 0.252 e. The number of rotatable bonds is 7. The van der Waals surface area contributed by atoms with E-state index in [9.17, 15) is 0 Å². The molecule has 4 aliphatic rings. The molecule has 0 saturated heterocycles. The van der Waals surface area contributed by atoms with Gasteiger partial charge in [0, 0.05) is 50.6 Å². The van der Waals surface area contributed by atoms with Gasteiger partial charge in [-0.05, 0) is 242 Å². The summed E-state index contributed by atoms with van der Waals surface area (Å²) in [5.74, 6) is 0. The van der Waals surface area contributed by atoms with E-state index in [0.29, 0.717) is 0 Å². The van der Waals surface area contributed by atoms with E-state index in [2.05, 4.69) is 357 Å². The van der Waals surface area contributed by atoms with E-state index >= 15 is 0 Å². The molecule has 4 heteroatoms. The Morgan fingerprint density at radius 1 is 0.286 bits per heavy atom. The van der Waals surface area contributed by atoms with Crippen LogP contribution in [0.4, 0.5) is 34.1 Å². The Kier molecular flexibility index (Phi) is 14.4. The maximum Gasteiger partial charge on any atom is 0.252 e. The van der Waals surface area contributed by atoms with Crippen LogP contribution in [0.15, 0.2) is 224 Å². The Morgan fingerprint density at radius 2 is 0.633 bits per heavy atom. The van der Waals surface area contributed by atoms with Gasteiger partial charge in [-0.2, -0.15) is 0 Å². The summed E-state index contributed by atoms with van der Waals surface area (Å²) in [6, 6.07) is 88.5. The van der Waals surface area contributed by atoms with Crippen molar-refractivity contribution in [3.05, 3.63) is 263 Å². The molecule has 0 unspecified atom stereocenters. The number of hydrogen-bond donors (Lipinski definition) is 0. The van der Waals surface area contributed by atoms with Crippen LogP contribution >= 0.6 is 0 Å². The zero-order chi connectivity index (χ0) is 68.5. The fourth-order valence-electron chi connectivity index (χ4n) is 17.2. The van der Waals surface area contributed by atoms with Crippen LogP contribution in [0.3, 0.4) is 0 Å². The summed E-state index contributed by atoms with van der Waals surface area (Å²) in [5.41, 5.74) is 34.5. The van der Waals surface area contributed by atoms with Gasteiger partial charge in [-0.1, -0.05) is 263 Å². The molecule has 0 amide bonds. The van der Waals surface area contributed by atoms with Crippen molar-refractivity contribution >= 4 is 79.0 Å². The number of aromatic nitrogens is 1. The number of nitrogens with zero attached hydrogens (tertiary/aromatic N) is 3. The van der Waals surface area contributed by atoms with E-state index in [4.69, 9.17) is 0 Å². The lowest BCUT2D eigenvalue weighted by Gasteiger charge is -2.44. The van der Waals surface area contributed by atoms with Crippen LogP contribution in [-0.2, 0) is 37.9 Å². The molecule has 98 heavy (non-hydrogen) atoms. The van der Waals surface area contributed by atoms with Crippen LogP contribution in [0, 0.1) is 0 Å². The van der Waals surface area contributed by atoms with Crippen molar-refractivity contribution in [1.82, 2.24) is 4.57 Å². The van der Waals surface area contributed by atoms with Crippen molar-refractivity contribution in [2.45, 2.75) is 181 Å². The second kappa shape index (κ2) is 22.2. The van der Waals surface area contributed by atoms with E-state index in [0.717, 1.165) is 17.1 Å². The van der Waals surface area contributed by atoms with E-state index in [1.165, 1.54) is 170 Å². The first-order valence-electron chi connectivity index (χ1n) is 36.3. The Morgan fingerprint density at radius 3 is 1.09 bits per heavy atom. The normalized spacial score (nSPS) is 16.5. The van der Waals surface area contributed by atoms with Crippen LogP contribution in [0.25, 0.3) is 72.0 Å². The molecule has 16 rings (SSSR count). The third kappa shape index (κ3) is 10.5. The molecule has 0 N–H and O–H groups in total. The summed E-state index contributed by atoms with van der Waals surface area (Å²) in [7, 11) is 0. The molecule has 0 atom stereocenters. The predicted molar refractivity (Wildman–Crippen MR) is 423 cm³/mol. The minimum absolute atomic E-state index is 0.000964. The Balaban J connectivity index is 0.955. The first-order chi connectivity index (χ1) is 46.4. The molecular weight excluding hydrogens is 1180 g/mol. The number of hydrogen-bond acceptors (Lipinski definition) is 2. The van der Waals surface area contributed by atoms with Crippen LogP contribution in [0.5, 0.6) is 0 Å². The van der Waals surface area contributed by atoms with Gasteiger partial charge in [0.2, 0.25) is 0 Å². The molecular formula is C94H96BN3. The number of fused-ring (bicyclic) bond motifs is 9. The van der Waals surface area contributed by atoms with E-state index < -0.39 is 0 Å². The average Bonchev–Trinajstić information content (AvgIpc) is 0.771. The van der Waals surface area contributed by atoms with Gasteiger partial charge in [-0.15, -0.1) is 0 Å². The van der Waals surface area contributed by atoms with Crippen LogP contribution in [-0.4, -0.2) is 11.3 Å². The van der Waals surface area contributed by atoms with Gasteiger partial charge in [0.25, 0.3) is 6.71 Å². The topological polar surface area (TPSA) is 11.4 Å². The van der Waals surface area contributed by atoms with Crippen LogP contribution in [0.2, 0.25) is 0 Å². The molecule has 490 valence electrons. The summed E-state index contributed by atoms with van der Waals surface area (Å²) in [4.78, 5) is 5.25. The standard InChI is InChI=1S/C94H96BN3/c1-88(2,3)67-32-23-62(24-33-67)66-54-85-87-86(55-66)97(71-38-27-61(28-39-71)64-30-42-76-78(52-64)94(16,17)50-48-92(76,12)13)84-58-72(98-81-45-34-68(89(4,5)6)56-73(81)74-57-69(90(7,8)9)35-46-82(74)98)40-44-80(84)95(87)79-43-31-65(59-21-19-18-20-22-59)53-83(79)96(85)70-36-25-60(26-37-70)63-29-41-75-77(51-63)93(14,15)49-47-91(75,10)11/h18-46,51-58H,47-50H2,1-17H3. The molecule has 2 aliphatic heterocycles. The minimum atomic E-state index is -0.111. The quantitative estimate of drug-likeness (QED) is 0.147. The lowest BCUT2D eigenvalue weighted by atomic mass is 9.33. The largest absolute Gasteiger partial charge is 0.311 e. The summed E-state index contributed by atoms with van der Waals surface area (Å²) >= 11 is 0. The lowest BCUT2D eigenvalue weighted by molar-refractivity contribution is 0.332. The summed E-state index contributed by atoms with van der Waals surface area (Å²) in [5, 5.41) is 2.57. The zero-order valence-corrected chi connectivity index (χ0v) is 61.1. The number of benzene rings is 11. The van der Waals surface area contributed by atoms with E-state index in [1.807, 2.05) is 0 Å². The third-order valence-corrected chi connectivity index (χ3v) is 23.6. The molecule has 11 aromatic carbocycles. The zero-order valence-electron chi connectivity index (χ0n) is 61.1. The maximum atomic E-state index is 2.64. The first kappa shape index (κ1) is 63.6. The lowest BCUT2D eigenvalue weighted by Crippen LogP contribution is -2.61. The van der Waals surface area contributed by atoms with Gasteiger partial charge in [0.05, 0.1) is 11.0 Å². The van der Waals surface area contributed by atoms with Gasteiger partial charge in [-0.25, -0.2) is 0 Å². The van der Waals surface area contributed by atoms with Crippen molar-refractivity contribution < 1.29 is 0 Å². The fraction of sp³-hybridized carbons (Fsp3) is 0.298. The highest BCUT2D eigenvalue weighted by molar-refractivity contribution is 7.00. The van der Waals surface area contributed by atoms with Crippen LogP contribution in [0.1, 0.15) is 182 Å².